The van der Waals surface area contributed by atoms with E-state index in [1.807, 2.05) is 0 Å². The number of halogens is 3. The molecule has 174 valence electrons. The summed E-state index contributed by atoms with van der Waals surface area (Å²) >= 11 is 5.59. The number of benzene rings is 1. The fraction of sp³-hybridized carbons (Fsp3) is 0.318. The van der Waals surface area contributed by atoms with Crippen molar-refractivity contribution >= 4 is 34.9 Å². The van der Waals surface area contributed by atoms with E-state index in [4.69, 9.17) is 23.1 Å². The molecule has 1 aromatic carbocycles. The zero-order valence-electron chi connectivity index (χ0n) is 17.7. The summed E-state index contributed by atoms with van der Waals surface area (Å²) in [7, 11) is 0. The number of ketones is 1. The Bertz CT molecular complexity index is 1230. The smallest absolute Gasteiger partial charge is 0.293 e. The summed E-state index contributed by atoms with van der Waals surface area (Å²) < 4.78 is 29.4. The Hall–Kier alpha value is -3.40. The summed E-state index contributed by atoms with van der Waals surface area (Å²) in [6.45, 7) is 2.00. The van der Waals surface area contributed by atoms with E-state index in [9.17, 15) is 23.2 Å². The van der Waals surface area contributed by atoms with Gasteiger partial charge in [0.15, 0.2) is 5.82 Å². The van der Waals surface area contributed by atoms with Crippen LogP contribution in [-0.2, 0) is 17.8 Å². The van der Waals surface area contributed by atoms with E-state index < -0.39 is 39.8 Å². The van der Waals surface area contributed by atoms with Gasteiger partial charge in [0.1, 0.15) is 16.5 Å². The van der Waals surface area contributed by atoms with Crippen molar-refractivity contribution in [1.29, 1.82) is 0 Å². The molecule has 6 N–H and O–H groups in total. The first-order valence-corrected chi connectivity index (χ1v) is 10.7. The molecule has 1 aliphatic heterocycles. The Morgan fingerprint density at radius 3 is 2.58 bits per heavy atom. The van der Waals surface area contributed by atoms with Crippen molar-refractivity contribution in [2.24, 2.45) is 11.5 Å². The molecule has 2 aromatic rings. The predicted octanol–water partition coefficient (Wildman–Crippen LogP) is 2.52. The van der Waals surface area contributed by atoms with Crippen LogP contribution in [0.3, 0.4) is 0 Å². The van der Waals surface area contributed by atoms with Crippen LogP contribution in [0.15, 0.2) is 24.0 Å². The van der Waals surface area contributed by atoms with Gasteiger partial charge < -0.3 is 26.7 Å². The number of amides is 2. The lowest BCUT2D eigenvalue weighted by Crippen LogP contribution is -2.44. The second kappa shape index (κ2) is 8.18. The highest BCUT2D eigenvalue weighted by Gasteiger charge is 2.48. The van der Waals surface area contributed by atoms with Crippen LogP contribution >= 0.6 is 11.6 Å². The zero-order valence-corrected chi connectivity index (χ0v) is 18.5. The molecular weight excluding hydrogens is 456 g/mol. The molecule has 4 rings (SSSR count). The molecule has 1 aliphatic carbocycles. The van der Waals surface area contributed by atoms with Crippen LogP contribution in [0.1, 0.15) is 51.4 Å². The largest absolute Gasteiger partial charge is 0.403 e. The Labute approximate surface area is 192 Å². The summed E-state index contributed by atoms with van der Waals surface area (Å²) in [5.41, 5.74) is 11.6. The number of nitrogens with one attached hydrogen (secondary N) is 2. The van der Waals surface area contributed by atoms with Gasteiger partial charge in [0.05, 0.1) is 16.8 Å². The third-order valence-corrected chi connectivity index (χ3v) is 6.52. The van der Waals surface area contributed by atoms with Crippen LogP contribution < -0.4 is 22.1 Å². The maximum absolute atomic E-state index is 14.3. The monoisotopic (exact) mass is 477 g/mol. The number of rotatable bonds is 6. The second-order valence-electron chi connectivity index (χ2n) is 8.21. The molecule has 2 amide bonds. The number of nitrogens with zero attached hydrogens (tertiary/aromatic N) is 1. The zero-order chi connectivity index (χ0) is 24.1. The van der Waals surface area contributed by atoms with Crippen LogP contribution in [0.2, 0.25) is 5.02 Å². The summed E-state index contributed by atoms with van der Waals surface area (Å²) in [5, 5.41) is 4.30. The fourth-order valence-corrected chi connectivity index (χ4v) is 4.44. The quantitative estimate of drug-likeness (QED) is 0.288. The normalized spacial score (nSPS) is 16.3. The van der Waals surface area contributed by atoms with Crippen molar-refractivity contribution in [2.75, 3.05) is 5.32 Å². The molecular formula is C22H22ClF2N5O3. The highest BCUT2D eigenvalue weighted by molar-refractivity contribution is 6.44. The van der Waals surface area contributed by atoms with Gasteiger partial charge in [-0.15, -0.1) is 0 Å². The molecule has 0 radical (unpaired) electrons. The minimum absolute atomic E-state index is 0.126. The van der Waals surface area contributed by atoms with Gasteiger partial charge in [0.2, 0.25) is 0 Å². The number of aromatic nitrogens is 1. The molecule has 2 heterocycles. The Balaban J connectivity index is 1.65. The van der Waals surface area contributed by atoms with Gasteiger partial charge in [0.25, 0.3) is 17.6 Å². The highest BCUT2D eigenvalue weighted by atomic mass is 35.5. The number of carbonyl (C=O) groups excluding carboxylic acids is 3. The van der Waals surface area contributed by atoms with Gasteiger partial charge in [-0.05, 0) is 50.3 Å². The average Bonchev–Trinajstić information content (AvgIpc) is 3.32. The highest BCUT2D eigenvalue weighted by Crippen LogP contribution is 2.40. The first-order valence-electron chi connectivity index (χ1n) is 10.3. The minimum atomic E-state index is -1.10. The molecule has 0 unspecified atom stereocenters. The van der Waals surface area contributed by atoms with Crippen LogP contribution in [-0.4, -0.2) is 27.7 Å². The molecule has 1 aromatic heterocycles. The number of Topliss-reactive ketones (excluding diaryl/α,β-unsaturated/α-hetero) is 1. The van der Waals surface area contributed by atoms with E-state index in [2.05, 4.69) is 10.6 Å². The van der Waals surface area contributed by atoms with Crippen molar-refractivity contribution in [1.82, 2.24) is 9.88 Å². The molecule has 11 heteroatoms. The van der Waals surface area contributed by atoms with Crippen molar-refractivity contribution in [3.63, 3.8) is 0 Å². The first kappa shape index (κ1) is 22.8. The van der Waals surface area contributed by atoms with E-state index in [1.54, 1.807) is 11.5 Å². The van der Waals surface area contributed by atoms with Gasteiger partial charge in [-0.3, -0.25) is 14.4 Å². The molecule has 2 aliphatic rings. The first-order chi connectivity index (χ1) is 15.6. The number of nitrogens with two attached hydrogens (primary N) is 2. The van der Waals surface area contributed by atoms with E-state index in [1.165, 1.54) is 6.20 Å². The molecule has 0 spiro atoms. The van der Waals surface area contributed by atoms with Crippen molar-refractivity contribution in [3.8, 4) is 0 Å². The number of fused-ring (bicyclic) bond motifs is 1. The third-order valence-electron chi connectivity index (χ3n) is 6.18. The maximum atomic E-state index is 14.3. The van der Waals surface area contributed by atoms with E-state index in [-0.39, 0.29) is 22.6 Å². The molecule has 33 heavy (non-hydrogen) atoms. The standard InChI is InChI=1S/C22H22ClF2N5O3/c1-10-15(19(31)21(33)29-22(6-7-22)14(27)9-26)13-3-2-8-30(13)18(10)20(32)28-12-5-4-11(24)16(23)17(12)25/h4-5,9H,2-3,6-8,26-27H2,1H3,(H,28,32)(H,29,33)/b14-9-. The molecule has 0 bridgehead atoms. The van der Waals surface area contributed by atoms with E-state index in [0.717, 1.165) is 12.1 Å². The second-order valence-corrected chi connectivity index (χ2v) is 8.59. The van der Waals surface area contributed by atoms with Crippen molar-refractivity contribution in [3.05, 3.63) is 63.2 Å². The van der Waals surface area contributed by atoms with Gasteiger partial charge >= 0.3 is 0 Å². The molecule has 1 fully saturated rings. The van der Waals surface area contributed by atoms with Gasteiger partial charge in [-0.2, -0.15) is 0 Å². The van der Waals surface area contributed by atoms with Crippen LogP contribution in [0.4, 0.5) is 14.5 Å². The van der Waals surface area contributed by atoms with Crippen LogP contribution in [0, 0.1) is 18.6 Å². The topological polar surface area (TPSA) is 132 Å². The maximum Gasteiger partial charge on any atom is 0.293 e. The minimum Gasteiger partial charge on any atom is -0.403 e. The summed E-state index contributed by atoms with van der Waals surface area (Å²) in [4.78, 5) is 38.9. The van der Waals surface area contributed by atoms with E-state index in [0.29, 0.717) is 43.5 Å². The summed E-state index contributed by atoms with van der Waals surface area (Å²) in [6.07, 6.45) is 3.49. The SMILES string of the molecule is Cc1c(C(=O)C(=O)NC2(/C(N)=C/N)CC2)c2n(c1C(=O)Nc1ccc(F)c(Cl)c1F)CCC2. The van der Waals surface area contributed by atoms with Crippen molar-refractivity contribution < 1.29 is 23.2 Å². The van der Waals surface area contributed by atoms with Gasteiger partial charge in [-0.1, -0.05) is 11.6 Å². The number of anilines is 1. The van der Waals surface area contributed by atoms with Gasteiger partial charge in [-0.25, -0.2) is 8.78 Å². The molecule has 0 atom stereocenters. The molecule has 0 saturated heterocycles. The molecule has 8 nitrogen and oxygen atoms in total. The molecule has 1 saturated carbocycles. The lowest BCUT2D eigenvalue weighted by Gasteiger charge is -2.17. The third kappa shape index (κ3) is 3.74. The predicted molar refractivity (Wildman–Crippen MR) is 118 cm³/mol. The Morgan fingerprint density at radius 2 is 1.94 bits per heavy atom. The number of hydrogen-bond donors (Lipinski definition) is 4. The van der Waals surface area contributed by atoms with Gasteiger partial charge in [0, 0.05) is 24.1 Å². The van der Waals surface area contributed by atoms with Crippen molar-refractivity contribution in [2.45, 2.75) is 44.7 Å². The fourth-order valence-electron chi connectivity index (χ4n) is 4.27. The van der Waals surface area contributed by atoms with E-state index >= 15 is 0 Å². The van der Waals surface area contributed by atoms with Crippen LogP contribution in [0.5, 0.6) is 0 Å². The lowest BCUT2D eigenvalue weighted by atomic mass is 10.0. The number of carbonyl (C=O) groups is 3. The summed E-state index contributed by atoms with van der Waals surface area (Å²) in [5.74, 6) is -4.39. The average molecular weight is 478 g/mol. The number of hydrogen-bond acceptors (Lipinski definition) is 5. The Morgan fingerprint density at radius 1 is 1.24 bits per heavy atom. The van der Waals surface area contributed by atoms with Crippen LogP contribution in [0.25, 0.3) is 0 Å². The Kier molecular flexibility index (Phi) is 5.65. The lowest BCUT2D eigenvalue weighted by molar-refractivity contribution is -0.117. The summed E-state index contributed by atoms with van der Waals surface area (Å²) in [6, 6.07) is 1.99.